The van der Waals surface area contributed by atoms with Gasteiger partial charge in [-0.2, -0.15) is 0 Å². The van der Waals surface area contributed by atoms with Crippen molar-refractivity contribution in [2.24, 2.45) is 7.05 Å². The summed E-state index contributed by atoms with van der Waals surface area (Å²) in [7, 11) is 1.69. The third kappa shape index (κ3) is 1.73. The van der Waals surface area contributed by atoms with E-state index in [2.05, 4.69) is 10.9 Å². The van der Waals surface area contributed by atoms with Crippen LogP contribution in [0, 0.1) is 12.3 Å². The van der Waals surface area contributed by atoms with Crippen molar-refractivity contribution in [2.45, 2.75) is 0 Å². The maximum atomic E-state index is 11.9. The van der Waals surface area contributed by atoms with Gasteiger partial charge in [-0.25, -0.2) is 0 Å². The predicted octanol–water partition coefficient (Wildman–Crippen LogP) is 1.43. The summed E-state index contributed by atoms with van der Waals surface area (Å²) < 4.78 is 1.49. The average molecular weight is 210 g/mol. The molecule has 2 rings (SSSR count). The van der Waals surface area contributed by atoms with E-state index in [-0.39, 0.29) is 5.56 Å². The zero-order valence-corrected chi connectivity index (χ0v) is 8.84. The molecule has 0 aromatic carbocycles. The minimum absolute atomic E-state index is 0.0646. The Labute approximate surface area is 93.4 Å². The Kier molecular flexibility index (Phi) is 2.57. The summed E-state index contributed by atoms with van der Waals surface area (Å²) >= 11 is 0. The maximum Gasteiger partial charge on any atom is 0.258 e. The molecule has 0 aliphatic rings. The Morgan fingerprint density at radius 2 is 2.06 bits per heavy atom. The Morgan fingerprint density at radius 1 is 1.38 bits per heavy atom. The third-order valence-electron chi connectivity index (χ3n) is 2.34. The van der Waals surface area contributed by atoms with Crippen molar-refractivity contribution < 1.29 is 0 Å². The molecular weight excluding hydrogens is 200 g/mol. The summed E-state index contributed by atoms with van der Waals surface area (Å²) in [5, 5.41) is 0. The number of aromatic nitrogens is 2. The van der Waals surface area contributed by atoms with Crippen LogP contribution in [-0.4, -0.2) is 9.55 Å². The van der Waals surface area contributed by atoms with E-state index in [1.807, 2.05) is 0 Å². The van der Waals surface area contributed by atoms with Crippen molar-refractivity contribution in [3.8, 4) is 23.5 Å². The number of rotatable bonds is 1. The van der Waals surface area contributed by atoms with Crippen molar-refractivity contribution in [3.63, 3.8) is 0 Å². The van der Waals surface area contributed by atoms with E-state index >= 15 is 0 Å². The molecule has 0 aliphatic carbocycles. The summed E-state index contributed by atoms with van der Waals surface area (Å²) in [5.74, 6) is 2.53. The Morgan fingerprint density at radius 3 is 2.69 bits per heavy atom. The second kappa shape index (κ2) is 4.03. The average Bonchev–Trinajstić information content (AvgIpc) is 2.33. The maximum absolute atomic E-state index is 11.9. The molecule has 0 aliphatic heterocycles. The third-order valence-corrected chi connectivity index (χ3v) is 2.34. The molecule has 0 saturated heterocycles. The topological polar surface area (TPSA) is 34.9 Å². The van der Waals surface area contributed by atoms with Gasteiger partial charge in [0.15, 0.2) is 0 Å². The molecule has 0 atom stereocenters. The van der Waals surface area contributed by atoms with E-state index in [1.54, 1.807) is 43.8 Å². The van der Waals surface area contributed by atoms with Crippen LogP contribution in [0.2, 0.25) is 0 Å². The SMILES string of the molecule is C#Cc1cc(-c2ccncc2)c(=O)n(C)c1. The van der Waals surface area contributed by atoms with Gasteiger partial charge in [-0.15, -0.1) is 6.42 Å². The van der Waals surface area contributed by atoms with E-state index in [0.29, 0.717) is 11.1 Å². The molecule has 3 heteroatoms. The highest BCUT2D eigenvalue weighted by Gasteiger charge is 2.05. The fourth-order valence-corrected chi connectivity index (χ4v) is 1.53. The molecule has 0 unspecified atom stereocenters. The summed E-state index contributed by atoms with van der Waals surface area (Å²) in [6, 6.07) is 5.30. The van der Waals surface area contributed by atoms with Gasteiger partial charge in [-0.1, -0.05) is 5.92 Å². The lowest BCUT2D eigenvalue weighted by Crippen LogP contribution is -2.18. The standard InChI is InChI=1S/C13H10N2O/c1-3-10-8-12(13(16)15(2)9-10)11-4-6-14-7-5-11/h1,4-9H,2H3. The first-order chi connectivity index (χ1) is 7.72. The van der Waals surface area contributed by atoms with E-state index in [0.717, 1.165) is 5.56 Å². The van der Waals surface area contributed by atoms with Gasteiger partial charge in [0.1, 0.15) is 0 Å². The van der Waals surface area contributed by atoms with Crippen LogP contribution in [0.1, 0.15) is 5.56 Å². The summed E-state index contributed by atoms with van der Waals surface area (Å²) in [4.78, 5) is 15.8. The number of nitrogens with zero attached hydrogens (tertiary/aromatic N) is 2. The van der Waals surface area contributed by atoms with Crippen LogP contribution < -0.4 is 5.56 Å². The van der Waals surface area contributed by atoms with E-state index in [9.17, 15) is 4.79 Å². The molecule has 0 fully saturated rings. The van der Waals surface area contributed by atoms with Crippen molar-refractivity contribution >= 4 is 0 Å². The van der Waals surface area contributed by atoms with Crippen molar-refractivity contribution in [2.75, 3.05) is 0 Å². The lowest BCUT2D eigenvalue weighted by atomic mass is 10.1. The Hall–Kier alpha value is -2.34. The number of hydrogen-bond acceptors (Lipinski definition) is 2. The van der Waals surface area contributed by atoms with Gasteiger partial charge >= 0.3 is 0 Å². The fraction of sp³-hybridized carbons (Fsp3) is 0.0769. The first kappa shape index (κ1) is 10.2. The summed E-state index contributed by atoms with van der Waals surface area (Å²) in [6.07, 6.45) is 10.3. The van der Waals surface area contributed by atoms with E-state index < -0.39 is 0 Å². The fourth-order valence-electron chi connectivity index (χ4n) is 1.53. The quantitative estimate of drug-likeness (QED) is 0.667. The normalized spacial score (nSPS) is 9.75. The Bertz CT molecular complexity index is 606. The second-order valence-corrected chi connectivity index (χ2v) is 3.44. The molecule has 0 saturated carbocycles. The van der Waals surface area contributed by atoms with Crippen molar-refractivity contribution in [1.82, 2.24) is 9.55 Å². The first-order valence-corrected chi connectivity index (χ1v) is 4.80. The van der Waals surface area contributed by atoms with Gasteiger partial charge < -0.3 is 4.57 Å². The van der Waals surface area contributed by atoms with Gasteiger partial charge in [0.25, 0.3) is 5.56 Å². The Balaban J connectivity index is 2.71. The minimum atomic E-state index is -0.0646. The van der Waals surface area contributed by atoms with Gasteiger partial charge in [-0.05, 0) is 23.8 Å². The smallest absolute Gasteiger partial charge is 0.258 e. The van der Waals surface area contributed by atoms with Crippen LogP contribution in [0.15, 0.2) is 41.6 Å². The molecule has 0 radical (unpaired) electrons. The number of pyridine rings is 2. The first-order valence-electron chi connectivity index (χ1n) is 4.80. The van der Waals surface area contributed by atoms with Crippen molar-refractivity contribution in [3.05, 3.63) is 52.7 Å². The predicted molar refractivity (Wildman–Crippen MR) is 62.8 cm³/mol. The highest BCUT2D eigenvalue weighted by Crippen LogP contribution is 2.14. The number of hydrogen-bond donors (Lipinski definition) is 0. The summed E-state index contributed by atoms with van der Waals surface area (Å²) in [6.45, 7) is 0. The highest BCUT2D eigenvalue weighted by molar-refractivity contribution is 5.63. The molecule has 2 aromatic heterocycles. The monoisotopic (exact) mass is 210 g/mol. The summed E-state index contributed by atoms with van der Waals surface area (Å²) in [5.41, 5.74) is 2.05. The molecule has 0 N–H and O–H groups in total. The zero-order chi connectivity index (χ0) is 11.5. The van der Waals surface area contributed by atoms with Crippen molar-refractivity contribution in [1.29, 1.82) is 0 Å². The molecular formula is C13H10N2O. The van der Waals surface area contributed by atoms with Crippen LogP contribution in [0.25, 0.3) is 11.1 Å². The zero-order valence-electron chi connectivity index (χ0n) is 8.84. The van der Waals surface area contributed by atoms with Crippen LogP contribution >= 0.6 is 0 Å². The molecule has 0 bridgehead atoms. The molecule has 3 nitrogen and oxygen atoms in total. The van der Waals surface area contributed by atoms with Gasteiger partial charge in [0.05, 0.1) is 0 Å². The largest absolute Gasteiger partial charge is 0.317 e. The van der Waals surface area contributed by atoms with Gasteiger partial charge in [0.2, 0.25) is 0 Å². The minimum Gasteiger partial charge on any atom is -0.317 e. The van der Waals surface area contributed by atoms with Crippen LogP contribution in [0.3, 0.4) is 0 Å². The van der Waals surface area contributed by atoms with Crippen LogP contribution in [0.4, 0.5) is 0 Å². The highest BCUT2D eigenvalue weighted by atomic mass is 16.1. The molecule has 0 spiro atoms. The van der Waals surface area contributed by atoms with Crippen LogP contribution in [0.5, 0.6) is 0 Å². The lowest BCUT2D eigenvalue weighted by Gasteiger charge is -2.04. The van der Waals surface area contributed by atoms with Crippen LogP contribution in [-0.2, 0) is 7.05 Å². The molecule has 16 heavy (non-hydrogen) atoms. The van der Waals surface area contributed by atoms with E-state index in [4.69, 9.17) is 6.42 Å². The molecule has 78 valence electrons. The number of aryl methyl sites for hydroxylation is 1. The van der Waals surface area contributed by atoms with E-state index in [1.165, 1.54) is 4.57 Å². The molecule has 2 heterocycles. The lowest BCUT2D eigenvalue weighted by molar-refractivity contribution is 0.860. The van der Waals surface area contributed by atoms with Gasteiger partial charge in [-0.3, -0.25) is 9.78 Å². The molecule has 2 aromatic rings. The second-order valence-electron chi connectivity index (χ2n) is 3.44. The number of terminal acetylenes is 1. The molecule has 0 amide bonds. The van der Waals surface area contributed by atoms with Gasteiger partial charge in [0, 0.05) is 36.8 Å².